The fraction of sp³-hybridized carbons (Fsp3) is 0.500. The largest absolute Gasteiger partial charge is 0.368 e. The Bertz CT molecular complexity index is 845. The van der Waals surface area contributed by atoms with Crippen LogP contribution < -0.4 is 5.73 Å². The van der Waals surface area contributed by atoms with Gasteiger partial charge in [0.1, 0.15) is 5.60 Å². The van der Waals surface area contributed by atoms with Crippen LogP contribution in [0.3, 0.4) is 0 Å². The zero-order chi connectivity index (χ0) is 19.7. The Kier molecular flexibility index (Phi) is 5.17. The summed E-state index contributed by atoms with van der Waals surface area (Å²) in [7, 11) is 0. The first-order valence-electron chi connectivity index (χ1n) is 10.1. The molecule has 1 amide bonds. The normalized spacial score (nSPS) is 19.5. The third-order valence-electron chi connectivity index (χ3n) is 5.96. The van der Waals surface area contributed by atoms with Crippen LogP contribution in [0.1, 0.15) is 37.9 Å². The molecular formula is C22H28N4O2. The highest BCUT2D eigenvalue weighted by atomic mass is 16.5. The lowest BCUT2D eigenvalue weighted by Gasteiger charge is -2.44. The SMILES string of the molecule is CC(C)[C@H](N)C(=O)N1CCC2(CC1)OCCc1cnc(-c3ccccc3)nc12. The van der Waals surface area contributed by atoms with E-state index in [0.717, 1.165) is 41.9 Å². The molecule has 28 heavy (non-hydrogen) atoms. The van der Waals surface area contributed by atoms with E-state index in [1.54, 1.807) is 0 Å². The molecule has 3 heterocycles. The van der Waals surface area contributed by atoms with Gasteiger partial charge in [0.15, 0.2) is 5.82 Å². The van der Waals surface area contributed by atoms with E-state index in [1.807, 2.05) is 55.3 Å². The van der Waals surface area contributed by atoms with Crippen LogP contribution in [0.25, 0.3) is 11.4 Å². The van der Waals surface area contributed by atoms with Crippen molar-refractivity contribution in [2.75, 3.05) is 19.7 Å². The molecule has 2 aliphatic heterocycles. The molecule has 148 valence electrons. The van der Waals surface area contributed by atoms with Crippen LogP contribution in [0, 0.1) is 5.92 Å². The molecule has 1 atom stereocenters. The Hall–Kier alpha value is -2.31. The lowest BCUT2D eigenvalue weighted by molar-refractivity contribution is -0.143. The molecule has 0 aliphatic carbocycles. The third kappa shape index (κ3) is 3.42. The van der Waals surface area contributed by atoms with Crippen molar-refractivity contribution in [2.45, 2.75) is 44.8 Å². The van der Waals surface area contributed by atoms with Crippen LogP contribution in [0.4, 0.5) is 0 Å². The van der Waals surface area contributed by atoms with Crippen molar-refractivity contribution in [3.8, 4) is 11.4 Å². The van der Waals surface area contributed by atoms with Gasteiger partial charge in [-0.3, -0.25) is 4.79 Å². The van der Waals surface area contributed by atoms with E-state index in [1.165, 1.54) is 0 Å². The molecule has 0 bridgehead atoms. The van der Waals surface area contributed by atoms with Crippen molar-refractivity contribution in [1.29, 1.82) is 0 Å². The predicted molar refractivity (Wildman–Crippen MR) is 107 cm³/mol. The number of nitrogens with two attached hydrogens (primary N) is 1. The molecule has 1 fully saturated rings. The number of likely N-dealkylation sites (tertiary alicyclic amines) is 1. The minimum atomic E-state index is -0.444. The van der Waals surface area contributed by atoms with Crippen LogP contribution in [0.15, 0.2) is 36.5 Å². The molecule has 1 aromatic carbocycles. The maximum absolute atomic E-state index is 12.6. The first-order chi connectivity index (χ1) is 13.5. The van der Waals surface area contributed by atoms with E-state index >= 15 is 0 Å². The first kappa shape index (κ1) is 19.0. The maximum atomic E-state index is 12.6. The van der Waals surface area contributed by atoms with Gasteiger partial charge in [-0.05, 0) is 30.7 Å². The summed E-state index contributed by atoms with van der Waals surface area (Å²) in [4.78, 5) is 24.0. The maximum Gasteiger partial charge on any atom is 0.239 e. The third-order valence-corrected chi connectivity index (χ3v) is 5.96. The van der Waals surface area contributed by atoms with Crippen LogP contribution in [0.5, 0.6) is 0 Å². The fourth-order valence-corrected chi connectivity index (χ4v) is 4.10. The zero-order valence-corrected chi connectivity index (χ0v) is 16.6. The van der Waals surface area contributed by atoms with Crippen molar-refractivity contribution in [2.24, 2.45) is 11.7 Å². The summed E-state index contributed by atoms with van der Waals surface area (Å²) in [5.74, 6) is 0.898. The number of amides is 1. The fourth-order valence-electron chi connectivity index (χ4n) is 4.10. The van der Waals surface area contributed by atoms with E-state index in [-0.39, 0.29) is 11.8 Å². The van der Waals surface area contributed by atoms with Crippen LogP contribution in [-0.2, 0) is 21.6 Å². The van der Waals surface area contributed by atoms with E-state index < -0.39 is 11.6 Å². The lowest BCUT2D eigenvalue weighted by atomic mass is 9.83. The number of nitrogens with zero attached hydrogens (tertiary/aromatic N) is 3. The van der Waals surface area contributed by atoms with Crippen molar-refractivity contribution < 1.29 is 9.53 Å². The molecule has 2 aromatic rings. The Balaban J connectivity index is 1.59. The second-order valence-corrected chi connectivity index (χ2v) is 8.12. The molecule has 2 N–H and O–H groups in total. The number of hydrogen-bond donors (Lipinski definition) is 1. The van der Waals surface area contributed by atoms with Crippen molar-refractivity contribution in [3.05, 3.63) is 47.8 Å². The van der Waals surface area contributed by atoms with Gasteiger partial charge in [0, 0.05) is 24.8 Å². The standard InChI is InChI=1S/C22H28N4O2/c1-15(2)18(23)21(27)26-11-9-22(10-12-26)19-17(8-13-28-22)14-24-20(25-19)16-6-4-3-5-7-16/h3-7,14-15,18H,8-13,23H2,1-2H3/t18-/m0/s1. The summed E-state index contributed by atoms with van der Waals surface area (Å²) >= 11 is 0. The van der Waals surface area contributed by atoms with E-state index in [4.69, 9.17) is 15.5 Å². The van der Waals surface area contributed by atoms with Crippen LogP contribution in [0.2, 0.25) is 0 Å². The summed E-state index contributed by atoms with van der Waals surface area (Å²) in [6.07, 6.45) is 4.25. The smallest absolute Gasteiger partial charge is 0.239 e. The van der Waals surface area contributed by atoms with Gasteiger partial charge < -0.3 is 15.4 Å². The number of carbonyl (C=O) groups excluding carboxylic acids is 1. The molecule has 1 aromatic heterocycles. The van der Waals surface area contributed by atoms with E-state index in [2.05, 4.69) is 4.98 Å². The number of aromatic nitrogens is 2. The van der Waals surface area contributed by atoms with Crippen LogP contribution in [-0.4, -0.2) is 46.5 Å². The molecule has 4 rings (SSSR count). The molecule has 0 radical (unpaired) electrons. The Labute approximate surface area is 166 Å². The highest BCUT2D eigenvalue weighted by Gasteiger charge is 2.44. The number of ether oxygens (including phenoxy) is 1. The summed E-state index contributed by atoms with van der Waals surface area (Å²) in [6.45, 7) is 5.92. The minimum Gasteiger partial charge on any atom is -0.368 e. The highest BCUT2D eigenvalue weighted by molar-refractivity contribution is 5.82. The Morgan fingerprint density at radius 3 is 2.61 bits per heavy atom. The number of piperidine rings is 1. The van der Waals surface area contributed by atoms with E-state index in [9.17, 15) is 4.79 Å². The van der Waals surface area contributed by atoms with Gasteiger partial charge >= 0.3 is 0 Å². The topological polar surface area (TPSA) is 81.3 Å². The molecule has 6 nitrogen and oxygen atoms in total. The average Bonchev–Trinajstić information content (AvgIpc) is 2.74. The lowest BCUT2D eigenvalue weighted by Crippen LogP contribution is -2.53. The number of carbonyl (C=O) groups is 1. The number of benzene rings is 1. The summed E-state index contributed by atoms with van der Waals surface area (Å²) in [5, 5.41) is 0. The second-order valence-electron chi connectivity index (χ2n) is 8.12. The number of fused-ring (bicyclic) bond motifs is 2. The minimum absolute atomic E-state index is 0.0357. The molecule has 0 unspecified atom stereocenters. The summed E-state index contributed by atoms with van der Waals surface area (Å²) in [6, 6.07) is 9.57. The molecular weight excluding hydrogens is 352 g/mol. The van der Waals surface area contributed by atoms with Crippen molar-refractivity contribution in [1.82, 2.24) is 14.9 Å². The van der Waals surface area contributed by atoms with Gasteiger partial charge in [0.05, 0.1) is 18.3 Å². The molecule has 1 spiro atoms. The van der Waals surface area contributed by atoms with Crippen molar-refractivity contribution in [3.63, 3.8) is 0 Å². The second kappa shape index (κ2) is 7.60. The van der Waals surface area contributed by atoms with Gasteiger partial charge in [-0.1, -0.05) is 44.2 Å². The number of rotatable bonds is 3. The van der Waals surface area contributed by atoms with Gasteiger partial charge in [0.2, 0.25) is 5.91 Å². The molecule has 6 heteroatoms. The summed E-state index contributed by atoms with van der Waals surface area (Å²) < 4.78 is 6.30. The van der Waals surface area contributed by atoms with Gasteiger partial charge in [-0.2, -0.15) is 0 Å². The Morgan fingerprint density at radius 2 is 1.93 bits per heavy atom. The predicted octanol–water partition coefficient (Wildman–Crippen LogP) is 2.52. The quantitative estimate of drug-likeness (QED) is 0.885. The average molecular weight is 380 g/mol. The summed E-state index contributed by atoms with van der Waals surface area (Å²) in [5.41, 5.74) is 8.80. The number of hydrogen-bond acceptors (Lipinski definition) is 5. The molecule has 0 saturated carbocycles. The first-order valence-corrected chi connectivity index (χ1v) is 10.1. The van der Waals surface area contributed by atoms with Gasteiger partial charge in [0.25, 0.3) is 0 Å². The highest BCUT2D eigenvalue weighted by Crippen LogP contribution is 2.41. The van der Waals surface area contributed by atoms with Gasteiger partial charge in [-0.15, -0.1) is 0 Å². The Morgan fingerprint density at radius 1 is 1.21 bits per heavy atom. The zero-order valence-electron chi connectivity index (χ0n) is 16.6. The van der Waals surface area contributed by atoms with E-state index in [0.29, 0.717) is 19.7 Å². The van der Waals surface area contributed by atoms with Crippen molar-refractivity contribution >= 4 is 5.91 Å². The van der Waals surface area contributed by atoms with Gasteiger partial charge in [-0.25, -0.2) is 9.97 Å². The monoisotopic (exact) mass is 380 g/mol. The molecule has 1 saturated heterocycles. The molecule has 2 aliphatic rings. The van der Waals surface area contributed by atoms with Crippen LogP contribution >= 0.6 is 0 Å².